The average molecular weight is 1130 g/mol. The summed E-state index contributed by atoms with van der Waals surface area (Å²) in [6.07, 6.45) is 85.3. The molecule has 0 fully saturated rings. The standard InChI is InChI=1S/C74H140O6/c1-4-7-10-13-16-19-22-25-27-29-30-31-32-33-34-35-36-37-38-39-40-41-42-43-44-45-46-48-49-52-55-58-61-64-67-73(76)79-70-71(69-78-72(75)66-63-60-57-54-51-24-21-18-15-12-9-6-3)80-74(77)68-65-62-59-56-53-50-47-28-26-23-20-17-14-11-8-5-2/h18,21,28,47,71H,4-17,19-20,22-27,29-46,48-70H2,1-3H3/b21-18-,47-28-. The van der Waals surface area contributed by atoms with E-state index in [-0.39, 0.29) is 31.1 Å². The Morgan fingerprint density at radius 2 is 0.412 bits per heavy atom. The van der Waals surface area contributed by atoms with Gasteiger partial charge in [-0.3, -0.25) is 14.4 Å². The largest absolute Gasteiger partial charge is 0.462 e. The van der Waals surface area contributed by atoms with E-state index in [2.05, 4.69) is 45.1 Å². The van der Waals surface area contributed by atoms with Gasteiger partial charge in [0, 0.05) is 19.3 Å². The molecule has 0 heterocycles. The number of esters is 3. The van der Waals surface area contributed by atoms with Crippen molar-refractivity contribution in [1.29, 1.82) is 0 Å². The summed E-state index contributed by atoms with van der Waals surface area (Å²) in [6, 6.07) is 0. The Morgan fingerprint density at radius 1 is 0.237 bits per heavy atom. The van der Waals surface area contributed by atoms with Gasteiger partial charge in [-0.1, -0.05) is 347 Å². The summed E-state index contributed by atoms with van der Waals surface area (Å²) in [5.41, 5.74) is 0. The summed E-state index contributed by atoms with van der Waals surface area (Å²) in [5.74, 6) is -0.864. The number of hydrogen-bond acceptors (Lipinski definition) is 6. The molecule has 1 atom stereocenters. The first-order valence-electron chi connectivity index (χ1n) is 36.3. The molecule has 6 heteroatoms. The zero-order valence-corrected chi connectivity index (χ0v) is 54.4. The van der Waals surface area contributed by atoms with Crippen molar-refractivity contribution >= 4 is 17.9 Å². The second kappa shape index (κ2) is 69.4. The lowest BCUT2D eigenvalue weighted by Crippen LogP contribution is -2.30. The second-order valence-corrected chi connectivity index (χ2v) is 24.9. The molecule has 0 aromatic heterocycles. The molecular weight excluding hydrogens is 985 g/mol. The summed E-state index contributed by atoms with van der Waals surface area (Å²) in [5, 5.41) is 0. The van der Waals surface area contributed by atoms with E-state index in [0.717, 1.165) is 70.6 Å². The molecule has 0 aliphatic rings. The third-order valence-corrected chi connectivity index (χ3v) is 16.7. The van der Waals surface area contributed by atoms with Gasteiger partial charge < -0.3 is 14.2 Å². The van der Waals surface area contributed by atoms with Crippen molar-refractivity contribution in [1.82, 2.24) is 0 Å². The molecule has 0 saturated carbocycles. The third kappa shape index (κ3) is 66.7. The molecule has 0 bridgehead atoms. The number of carbonyl (C=O) groups excluding carboxylic acids is 3. The van der Waals surface area contributed by atoms with E-state index in [1.54, 1.807) is 0 Å². The zero-order valence-electron chi connectivity index (χ0n) is 54.4. The number of allylic oxidation sites excluding steroid dienone is 4. The van der Waals surface area contributed by atoms with Crippen LogP contribution in [0.5, 0.6) is 0 Å². The SMILES string of the molecule is CCCCC/C=C\CCCCCCCC(=O)OCC(COC(=O)CCCCCCCCCCCCCCCCCCCCCCCCCCCCCCCCCCCC)OC(=O)CCCCCCC/C=C\CCCCCCCCC. The van der Waals surface area contributed by atoms with Crippen LogP contribution >= 0.6 is 0 Å². The van der Waals surface area contributed by atoms with E-state index in [1.807, 2.05) is 0 Å². The maximum atomic E-state index is 12.9. The molecule has 0 aromatic carbocycles. The Bertz CT molecular complexity index is 1290. The number of carbonyl (C=O) groups is 3. The van der Waals surface area contributed by atoms with Crippen LogP contribution in [-0.2, 0) is 28.6 Å². The van der Waals surface area contributed by atoms with Crippen LogP contribution in [0.15, 0.2) is 24.3 Å². The number of unbranched alkanes of at least 4 members (excludes halogenated alkanes) is 53. The van der Waals surface area contributed by atoms with Crippen LogP contribution < -0.4 is 0 Å². The fourth-order valence-corrected chi connectivity index (χ4v) is 11.2. The van der Waals surface area contributed by atoms with Gasteiger partial charge in [0.2, 0.25) is 0 Å². The summed E-state index contributed by atoms with van der Waals surface area (Å²) >= 11 is 0. The highest BCUT2D eigenvalue weighted by Gasteiger charge is 2.19. The van der Waals surface area contributed by atoms with Gasteiger partial charge in [0.15, 0.2) is 6.10 Å². The first-order chi connectivity index (χ1) is 39.5. The van der Waals surface area contributed by atoms with E-state index in [1.165, 1.54) is 302 Å². The second-order valence-electron chi connectivity index (χ2n) is 24.9. The van der Waals surface area contributed by atoms with Crippen molar-refractivity contribution in [3.05, 3.63) is 24.3 Å². The molecule has 472 valence electrons. The van der Waals surface area contributed by atoms with Gasteiger partial charge in [0.25, 0.3) is 0 Å². The summed E-state index contributed by atoms with van der Waals surface area (Å²) in [4.78, 5) is 38.3. The molecule has 0 spiro atoms. The predicted molar refractivity (Wildman–Crippen MR) is 349 cm³/mol. The van der Waals surface area contributed by atoms with Crippen molar-refractivity contribution in [2.75, 3.05) is 13.2 Å². The van der Waals surface area contributed by atoms with Gasteiger partial charge in [0.05, 0.1) is 0 Å². The van der Waals surface area contributed by atoms with Crippen molar-refractivity contribution < 1.29 is 28.6 Å². The normalized spacial score (nSPS) is 12.1. The van der Waals surface area contributed by atoms with Gasteiger partial charge in [-0.15, -0.1) is 0 Å². The average Bonchev–Trinajstić information content (AvgIpc) is 3.46. The molecule has 0 radical (unpaired) electrons. The molecule has 0 saturated heterocycles. The van der Waals surface area contributed by atoms with Crippen LogP contribution in [0.4, 0.5) is 0 Å². The smallest absolute Gasteiger partial charge is 0.306 e. The highest BCUT2D eigenvalue weighted by atomic mass is 16.6. The van der Waals surface area contributed by atoms with Gasteiger partial charge in [-0.2, -0.15) is 0 Å². The molecule has 0 aliphatic carbocycles. The third-order valence-electron chi connectivity index (χ3n) is 16.7. The van der Waals surface area contributed by atoms with Crippen LogP contribution in [0.25, 0.3) is 0 Å². The monoisotopic (exact) mass is 1130 g/mol. The molecule has 80 heavy (non-hydrogen) atoms. The Morgan fingerprint density at radius 3 is 0.650 bits per heavy atom. The number of hydrogen-bond donors (Lipinski definition) is 0. The van der Waals surface area contributed by atoms with Crippen LogP contribution in [0, 0.1) is 0 Å². The van der Waals surface area contributed by atoms with Gasteiger partial charge in [-0.25, -0.2) is 0 Å². The predicted octanol–water partition coefficient (Wildman–Crippen LogP) is 25.0. The van der Waals surface area contributed by atoms with Crippen molar-refractivity contribution in [3.63, 3.8) is 0 Å². The lowest BCUT2D eigenvalue weighted by molar-refractivity contribution is -0.167. The zero-order chi connectivity index (χ0) is 57.8. The summed E-state index contributed by atoms with van der Waals surface area (Å²) < 4.78 is 16.9. The van der Waals surface area contributed by atoms with Crippen LogP contribution in [0.2, 0.25) is 0 Å². The first-order valence-corrected chi connectivity index (χ1v) is 36.3. The molecule has 0 amide bonds. The number of rotatable bonds is 68. The van der Waals surface area contributed by atoms with E-state index in [4.69, 9.17) is 14.2 Å². The maximum Gasteiger partial charge on any atom is 0.306 e. The highest BCUT2D eigenvalue weighted by molar-refractivity contribution is 5.71. The van der Waals surface area contributed by atoms with Crippen molar-refractivity contribution in [2.24, 2.45) is 0 Å². The topological polar surface area (TPSA) is 78.9 Å². The van der Waals surface area contributed by atoms with Crippen LogP contribution in [0.3, 0.4) is 0 Å². The van der Waals surface area contributed by atoms with Gasteiger partial charge >= 0.3 is 17.9 Å². The quantitative estimate of drug-likeness (QED) is 0.0261. The van der Waals surface area contributed by atoms with Crippen LogP contribution in [-0.4, -0.2) is 37.2 Å². The molecule has 0 rings (SSSR count). The van der Waals surface area contributed by atoms with E-state index in [9.17, 15) is 14.4 Å². The fourth-order valence-electron chi connectivity index (χ4n) is 11.2. The summed E-state index contributed by atoms with van der Waals surface area (Å²) in [7, 11) is 0. The minimum Gasteiger partial charge on any atom is -0.462 e. The van der Waals surface area contributed by atoms with Crippen LogP contribution in [0.1, 0.15) is 412 Å². The first kappa shape index (κ1) is 77.9. The molecule has 6 nitrogen and oxygen atoms in total. The number of ether oxygens (including phenoxy) is 3. The van der Waals surface area contributed by atoms with Crippen molar-refractivity contribution in [3.8, 4) is 0 Å². The molecular formula is C74H140O6. The van der Waals surface area contributed by atoms with E-state index < -0.39 is 6.10 Å². The molecule has 0 aromatic rings. The Balaban J connectivity index is 4.04. The summed E-state index contributed by atoms with van der Waals surface area (Å²) in [6.45, 7) is 6.67. The van der Waals surface area contributed by atoms with E-state index in [0.29, 0.717) is 19.3 Å². The Kier molecular flexibility index (Phi) is 67.6. The van der Waals surface area contributed by atoms with Crippen molar-refractivity contribution in [2.45, 2.75) is 419 Å². The molecule has 1 unspecified atom stereocenters. The Labute approximate surface area is 500 Å². The van der Waals surface area contributed by atoms with Gasteiger partial charge in [-0.05, 0) is 70.6 Å². The maximum absolute atomic E-state index is 12.9. The highest BCUT2D eigenvalue weighted by Crippen LogP contribution is 2.19. The minimum atomic E-state index is -0.777. The van der Waals surface area contributed by atoms with Gasteiger partial charge in [0.1, 0.15) is 13.2 Å². The lowest BCUT2D eigenvalue weighted by atomic mass is 10.0. The molecule has 0 N–H and O–H groups in total. The fraction of sp³-hybridized carbons (Fsp3) is 0.905. The Hall–Kier alpha value is -2.11. The van der Waals surface area contributed by atoms with E-state index >= 15 is 0 Å². The lowest BCUT2D eigenvalue weighted by Gasteiger charge is -2.18. The minimum absolute atomic E-state index is 0.0724. The molecule has 0 aliphatic heterocycles.